The Morgan fingerprint density at radius 2 is 1.68 bits per heavy atom. The first-order valence-electron chi connectivity index (χ1n) is 9.12. The molecule has 0 aromatic heterocycles. The molecule has 7 heteroatoms. The first-order valence-corrected chi connectivity index (χ1v) is 9.12. The number of aryl methyl sites for hydroxylation is 2. The first kappa shape index (κ1) is 21.5. The summed E-state index contributed by atoms with van der Waals surface area (Å²) in [5, 5.41) is 7.14. The number of hydrogen-bond donors (Lipinski definition) is 3. The third-order valence-corrected chi connectivity index (χ3v) is 4.63. The standard InChI is InChI=1S/C21H25F2N3O2/c1-12-6-5-7-13(2)20(12)26-19(27)11-24-21(28)15(4)25-14(3)16-8-9-17(22)18(23)10-16/h5-10,14-15,25H,11H2,1-4H3,(H,24,28)(H,26,27)/p+1/t14-,15+/m0/s1. The molecule has 0 aliphatic rings. The van der Waals surface area contributed by atoms with Gasteiger partial charge in [-0.2, -0.15) is 0 Å². The number of para-hydroxylation sites is 1. The van der Waals surface area contributed by atoms with Crippen molar-refractivity contribution in [2.75, 3.05) is 11.9 Å². The van der Waals surface area contributed by atoms with Gasteiger partial charge in [0.25, 0.3) is 5.91 Å². The number of benzene rings is 2. The van der Waals surface area contributed by atoms with Crippen molar-refractivity contribution in [2.45, 2.75) is 39.8 Å². The highest BCUT2D eigenvalue weighted by atomic mass is 19.2. The Hall–Kier alpha value is -2.80. The number of hydrogen-bond acceptors (Lipinski definition) is 2. The van der Waals surface area contributed by atoms with Crippen LogP contribution in [0.3, 0.4) is 0 Å². The lowest BCUT2D eigenvalue weighted by Gasteiger charge is -2.17. The van der Waals surface area contributed by atoms with E-state index in [0.29, 0.717) is 5.56 Å². The van der Waals surface area contributed by atoms with Gasteiger partial charge in [-0.25, -0.2) is 8.78 Å². The summed E-state index contributed by atoms with van der Waals surface area (Å²) in [7, 11) is 0. The van der Waals surface area contributed by atoms with Crippen LogP contribution in [-0.2, 0) is 9.59 Å². The smallest absolute Gasteiger partial charge is 0.278 e. The highest BCUT2D eigenvalue weighted by Gasteiger charge is 2.21. The van der Waals surface area contributed by atoms with Crippen molar-refractivity contribution >= 4 is 17.5 Å². The second kappa shape index (κ2) is 9.41. The van der Waals surface area contributed by atoms with Gasteiger partial charge in [0.05, 0.1) is 6.54 Å². The molecular formula is C21H26F2N3O2+. The molecule has 2 amide bonds. The van der Waals surface area contributed by atoms with Crippen molar-refractivity contribution < 1.29 is 23.7 Å². The lowest BCUT2D eigenvalue weighted by Crippen LogP contribution is -2.92. The monoisotopic (exact) mass is 390 g/mol. The van der Waals surface area contributed by atoms with E-state index in [1.54, 1.807) is 19.2 Å². The molecule has 0 fully saturated rings. The fourth-order valence-corrected chi connectivity index (χ4v) is 2.95. The fourth-order valence-electron chi connectivity index (χ4n) is 2.95. The lowest BCUT2D eigenvalue weighted by atomic mass is 10.1. The Morgan fingerprint density at radius 1 is 1.04 bits per heavy atom. The summed E-state index contributed by atoms with van der Waals surface area (Å²) in [5.74, 6) is -2.45. The second-order valence-corrected chi connectivity index (χ2v) is 6.98. The van der Waals surface area contributed by atoms with Crippen molar-refractivity contribution in [1.82, 2.24) is 5.32 Å². The van der Waals surface area contributed by atoms with Crippen molar-refractivity contribution in [3.05, 3.63) is 64.7 Å². The maximum absolute atomic E-state index is 13.4. The lowest BCUT2D eigenvalue weighted by molar-refractivity contribution is -0.710. The fraction of sp³-hybridized carbons (Fsp3) is 0.333. The van der Waals surface area contributed by atoms with Crippen LogP contribution in [0, 0.1) is 25.5 Å². The molecule has 2 rings (SSSR count). The van der Waals surface area contributed by atoms with E-state index in [2.05, 4.69) is 10.6 Å². The van der Waals surface area contributed by atoms with E-state index in [1.807, 2.05) is 32.0 Å². The van der Waals surface area contributed by atoms with E-state index in [1.165, 1.54) is 6.07 Å². The number of anilines is 1. The number of carbonyl (C=O) groups is 2. The van der Waals surface area contributed by atoms with E-state index in [-0.39, 0.29) is 24.4 Å². The molecule has 0 heterocycles. The molecule has 5 nitrogen and oxygen atoms in total. The Bertz CT molecular complexity index is 850. The minimum atomic E-state index is -0.918. The Kier molecular flexibility index (Phi) is 7.23. The van der Waals surface area contributed by atoms with E-state index >= 15 is 0 Å². The van der Waals surface area contributed by atoms with Gasteiger partial charge in [0.2, 0.25) is 5.91 Å². The molecule has 0 unspecified atom stereocenters. The van der Waals surface area contributed by atoms with Crippen molar-refractivity contribution in [3.63, 3.8) is 0 Å². The summed E-state index contributed by atoms with van der Waals surface area (Å²) in [6.45, 7) is 7.14. The minimum absolute atomic E-state index is 0.148. The maximum atomic E-state index is 13.4. The maximum Gasteiger partial charge on any atom is 0.278 e. The van der Waals surface area contributed by atoms with Crippen LogP contribution in [0.5, 0.6) is 0 Å². The van der Waals surface area contributed by atoms with Crippen LogP contribution in [0.2, 0.25) is 0 Å². The largest absolute Gasteiger partial charge is 0.342 e. The number of nitrogens with two attached hydrogens (primary N) is 1. The van der Waals surface area contributed by atoms with Gasteiger partial charge in [-0.15, -0.1) is 0 Å². The molecule has 0 saturated heterocycles. The number of amides is 2. The highest BCUT2D eigenvalue weighted by molar-refractivity contribution is 5.96. The number of carbonyl (C=O) groups excluding carboxylic acids is 2. The quantitative estimate of drug-likeness (QED) is 0.679. The van der Waals surface area contributed by atoms with E-state index in [4.69, 9.17) is 0 Å². The Morgan fingerprint density at radius 3 is 2.29 bits per heavy atom. The predicted octanol–water partition coefficient (Wildman–Crippen LogP) is 2.35. The molecule has 0 saturated carbocycles. The van der Waals surface area contributed by atoms with Crippen molar-refractivity contribution in [3.8, 4) is 0 Å². The zero-order chi connectivity index (χ0) is 20.8. The summed E-state index contributed by atoms with van der Waals surface area (Å²) >= 11 is 0. The van der Waals surface area contributed by atoms with Gasteiger partial charge in [-0.3, -0.25) is 9.59 Å². The number of quaternary nitrogens is 1. The third kappa shape index (κ3) is 5.60. The molecule has 0 spiro atoms. The third-order valence-electron chi connectivity index (χ3n) is 4.63. The minimum Gasteiger partial charge on any atom is -0.342 e. The molecule has 0 bridgehead atoms. The second-order valence-electron chi connectivity index (χ2n) is 6.98. The van der Waals surface area contributed by atoms with Crippen LogP contribution in [0.15, 0.2) is 36.4 Å². The van der Waals surface area contributed by atoms with E-state index in [9.17, 15) is 18.4 Å². The molecule has 2 aromatic rings. The zero-order valence-corrected chi connectivity index (χ0v) is 16.5. The summed E-state index contributed by atoms with van der Waals surface area (Å²) in [6, 6.07) is 8.64. The van der Waals surface area contributed by atoms with Crippen LogP contribution in [0.1, 0.15) is 36.6 Å². The molecule has 2 aromatic carbocycles. The van der Waals surface area contributed by atoms with Gasteiger partial charge in [0.1, 0.15) is 6.04 Å². The Labute approximate surface area is 163 Å². The van der Waals surface area contributed by atoms with Crippen LogP contribution >= 0.6 is 0 Å². The van der Waals surface area contributed by atoms with Gasteiger partial charge in [0.15, 0.2) is 17.7 Å². The van der Waals surface area contributed by atoms with Gasteiger partial charge in [-0.05, 0) is 57.0 Å². The van der Waals surface area contributed by atoms with Gasteiger partial charge >= 0.3 is 0 Å². The Balaban J connectivity index is 1.86. The summed E-state index contributed by atoms with van der Waals surface area (Å²) in [5.41, 5.74) is 3.21. The van der Waals surface area contributed by atoms with Crippen LogP contribution in [0.25, 0.3) is 0 Å². The van der Waals surface area contributed by atoms with Crippen LogP contribution < -0.4 is 16.0 Å². The van der Waals surface area contributed by atoms with Crippen molar-refractivity contribution in [1.29, 1.82) is 0 Å². The average molecular weight is 390 g/mol. The highest BCUT2D eigenvalue weighted by Crippen LogP contribution is 2.19. The molecule has 0 aliphatic carbocycles. The molecule has 4 N–H and O–H groups in total. The van der Waals surface area contributed by atoms with Crippen LogP contribution in [-0.4, -0.2) is 24.4 Å². The summed E-state index contributed by atoms with van der Waals surface area (Å²) in [6.07, 6.45) is 0. The van der Waals surface area contributed by atoms with Gasteiger partial charge in [0, 0.05) is 11.3 Å². The zero-order valence-electron chi connectivity index (χ0n) is 16.5. The van der Waals surface area contributed by atoms with Gasteiger partial charge in [-0.1, -0.05) is 18.2 Å². The van der Waals surface area contributed by atoms with Gasteiger partial charge < -0.3 is 16.0 Å². The SMILES string of the molecule is Cc1cccc(C)c1NC(=O)CNC(=O)[C@@H](C)[NH2+][C@@H](C)c1ccc(F)c(F)c1. The molecule has 0 aliphatic heterocycles. The number of rotatable bonds is 7. The molecular weight excluding hydrogens is 364 g/mol. The topological polar surface area (TPSA) is 74.8 Å². The van der Waals surface area contributed by atoms with E-state index < -0.39 is 17.7 Å². The summed E-state index contributed by atoms with van der Waals surface area (Å²) in [4.78, 5) is 24.4. The average Bonchev–Trinajstić information content (AvgIpc) is 2.64. The molecule has 28 heavy (non-hydrogen) atoms. The predicted molar refractivity (Wildman–Crippen MR) is 104 cm³/mol. The summed E-state index contributed by atoms with van der Waals surface area (Å²) < 4.78 is 26.4. The van der Waals surface area contributed by atoms with Crippen LogP contribution in [0.4, 0.5) is 14.5 Å². The van der Waals surface area contributed by atoms with E-state index in [0.717, 1.165) is 28.9 Å². The normalized spacial score (nSPS) is 12.9. The molecule has 0 radical (unpaired) electrons. The number of nitrogens with one attached hydrogen (secondary N) is 2. The molecule has 150 valence electrons. The number of halogens is 2. The van der Waals surface area contributed by atoms with Crippen molar-refractivity contribution in [2.24, 2.45) is 0 Å². The molecule has 2 atom stereocenters. The first-order chi connectivity index (χ1) is 13.2.